The summed E-state index contributed by atoms with van der Waals surface area (Å²) in [6.45, 7) is 2.82. The van der Waals surface area contributed by atoms with Gasteiger partial charge in [-0.25, -0.2) is 0 Å². The minimum atomic E-state index is -0.558. The summed E-state index contributed by atoms with van der Waals surface area (Å²) in [6.07, 6.45) is 2.84. The van der Waals surface area contributed by atoms with Gasteiger partial charge in [0, 0.05) is 19.7 Å². The lowest BCUT2D eigenvalue weighted by molar-refractivity contribution is -0.385. The third-order valence-corrected chi connectivity index (χ3v) is 2.45. The van der Waals surface area contributed by atoms with Gasteiger partial charge in [-0.15, -0.1) is 0 Å². The van der Waals surface area contributed by atoms with Crippen molar-refractivity contribution in [2.75, 3.05) is 19.7 Å². The molecular formula is C10H16N4O4. The fourth-order valence-electron chi connectivity index (χ4n) is 1.49. The van der Waals surface area contributed by atoms with E-state index in [2.05, 4.69) is 5.10 Å². The average molecular weight is 256 g/mol. The van der Waals surface area contributed by atoms with E-state index in [9.17, 15) is 14.9 Å². The van der Waals surface area contributed by atoms with E-state index in [1.807, 2.05) is 6.92 Å². The maximum absolute atomic E-state index is 11.8. The Hall–Kier alpha value is -1.96. The van der Waals surface area contributed by atoms with Crippen molar-refractivity contribution in [2.24, 2.45) is 0 Å². The number of likely N-dealkylation sites (N-methyl/N-ethyl adjacent to an activating group) is 1. The van der Waals surface area contributed by atoms with Crippen molar-refractivity contribution in [3.63, 3.8) is 0 Å². The van der Waals surface area contributed by atoms with Crippen LogP contribution in [0.25, 0.3) is 0 Å². The van der Waals surface area contributed by atoms with E-state index >= 15 is 0 Å². The summed E-state index contributed by atoms with van der Waals surface area (Å²) in [7, 11) is 0. The molecule has 100 valence electrons. The van der Waals surface area contributed by atoms with Gasteiger partial charge in [0.1, 0.15) is 18.9 Å². The number of carbonyl (C=O) groups excluding carboxylic acids is 1. The lowest BCUT2D eigenvalue weighted by Crippen LogP contribution is -2.35. The van der Waals surface area contributed by atoms with E-state index < -0.39 is 4.92 Å². The number of nitrogens with zero attached hydrogens (tertiary/aromatic N) is 4. The van der Waals surface area contributed by atoms with Crippen molar-refractivity contribution >= 4 is 11.6 Å². The van der Waals surface area contributed by atoms with Crippen LogP contribution in [-0.2, 0) is 11.3 Å². The van der Waals surface area contributed by atoms with Gasteiger partial charge in [0.15, 0.2) is 0 Å². The van der Waals surface area contributed by atoms with E-state index in [1.165, 1.54) is 10.9 Å². The first-order chi connectivity index (χ1) is 8.58. The quantitative estimate of drug-likeness (QED) is 0.547. The number of rotatable bonds is 7. The molecule has 0 aliphatic heterocycles. The number of aromatic nitrogens is 2. The molecule has 0 fully saturated rings. The van der Waals surface area contributed by atoms with Crippen molar-refractivity contribution in [3.8, 4) is 0 Å². The van der Waals surface area contributed by atoms with Crippen molar-refractivity contribution in [1.82, 2.24) is 14.7 Å². The maximum Gasteiger partial charge on any atom is 0.307 e. The highest BCUT2D eigenvalue weighted by atomic mass is 16.6. The molecular weight excluding hydrogens is 240 g/mol. The molecule has 1 rings (SSSR count). The molecule has 18 heavy (non-hydrogen) atoms. The van der Waals surface area contributed by atoms with Crippen LogP contribution < -0.4 is 0 Å². The second kappa shape index (κ2) is 6.70. The minimum absolute atomic E-state index is 0.0248. The van der Waals surface area contributed by atoms with Gasteiger partial charge >= 0.3 is 5.69 Å². The first kappa shape index (κ1) is 14.1. The van der Waals surface area contributed by atoms with Crippen molar-refractivity contribution in [2.45, 2.75) is 19.9 Å². The van der Waals surface area contributed by atoms with Crippen LogP contribution in [0, 0.1) is 10.1 Å². The molecule has 1 aromatic rings. The molecule has 8 heteroatoms. The van der Waals surface area contributed by atoms with Gasteiger partial charge in [-0.2, -0.15) is 5.10 Å². The Morgan fingerprint density at radius 2 is 2.39 bits per heavy atom. The molecule has 1 amide bonds. The topological polar surface area (TPSA) is 102 Å². The predicted molar refractivity (Wildman–Crippen MR) is 62.8 cm³/mol. The number of hydrogen-bond acceptors (Lipinski definition) is 5. The zero-order chi connectivity index (χ0) is 13.5. The lowest BCUT2D eigenvalue weighted by Gasteiger charge is -2.20. The summed E-state index contributed by atoms with van der Waals surface area (Å²) >= 11 is 0. The number of nitro groups is 1. The molecule has 8 nitrogen and oxygen atoms in total. The number of aliphatic hydroxyl groups excluding tert-OH is 1. The van der Waals surface area contributed by atoms with Gasteiger partial charge in [0.25, 0.3) is 0 Å². The monoisotopic (exact) mass is 256 g/mol. The fourth-order valence-corrected chi connectivity index (χ4v) is 1.49. The molecule has 0 bridgehead atoms. The first-order valence-corrected chi connectivity index (χ1v) is 5.64. The zero-order valence-electron chi connectivity index (χ0n) is 10.2. The molecule has 0 saturated heterocycles. The molecule has 1 heterocycles. The van der Waals surface area contributed by atoms with Crippen LogP contribution in [0.3, 0.4) is 0 Å². The van der Waals surface area contributed by atoms with Gasteiger partial charge in [-0.1, -0.05) is 0 Å². The summed E-state index contributed by atoms with van der Waals surface area (Å²) in [5.74, 6) is -0.177. The predicted octanol–water partition coefficient (Wildman–Crippen LogP) is 0.0222. The van der Waals surface area contributed by atoms with Gasteiger partial charge in [-0.05, 0) is 13.3 Å². The molecule has 1 aromatic heterocycles. The zero-order valence-corrected chi connectivity index (χ0v) is 10.2. The highest BCUT2D eigenvalue weighted by Gasteiger charge is 2.15. The second-order valence-electron chi connectivity index (χ2n) is 3.70. The van der Waals surface area contributed by atoms with Crippen LogP contribution in [0.1, 0.15) is 13.3 Å². The van der Waals surface area contributed by atoms with Crippen molar-refractivity contribution in [1.29, 1.82) is 0 Å². The molecule has 0 saturated carbocycles. The number of hydrogen-bond donors (Lipinski definition) is 1. The fraction of sp³-hybridized carbons (Fsp3) is 0.600. The van der Waals surface area contributed by atoms with Crippen LogP contribution in [0.5, 0.6) is 0 Å². The Labute approximate surface area is 104 Å². The Kier molecular flexibility index (Phi) is 5.25. The Morgan fingerprint density at radius 3 is 2.89 bits per heavy atom. The third-order valence-electron chi connectivity index (χ3n) is 2.45. The molecule has 0 aliphatic rings. The van der Waals surface area contributed by atoms with Gasteiger partial charge in [0.05, 0.1) is 4.92 Å². The molecule has 0 aliphatic carbocycles. The SMILES string of the molecule is CCN(CCCO)C(=O)Cn1cc([N+](=O)[O-])cn1. The molecule has 0 spiro atoms. The highest BCUT2D eigenvalue weighted by molar-refractivity contribution is 5.75. The molecule has 0 atom stereocenters. The van der Waals surface area contributed by atoms with Gasteiger partial charge in [-0.3, -0.25) is 19.6 Å². The van der Waals surface area contributed by atoms with Gasteiger partial charge < -0.3 is 10.0 Å². The van der Waals surface area contributed by atoms with E-state index in [0.717, 1.165) is 6.20 Å². The summed E-state index contributed by atoms with van der Waals surface area (Å²) in [5, 5.41) is 22.9. The lowest BCUT2D eigenvalue weighted by atomic mass is 10.3. The van der Waals surface area contributed by atoms with E-state index in [4.69, 9.17) is 5.11 Å². The summed E-state index contributed by atoms with van der Waals surface area (Å²) < 4.78 is 1.24. The Balaban J connectivity index is 2.58. The maximum atomic E-state index is 11.8. The second-order valence-corrected chi connectivity index (χ2v) is 3.70. The van der Waals surface area contributed by atoms with Crippen molar-refractivity contribution in [3.05, 3.63) is 22.5 Å². The largest absolute Gasteiger partial charge is 0.396 e. The summed E-state index contributed by atoms with van der Waals surface area (Å²) in [6, 6.07) is 0. The van der Waals surface area contributed by atoms with Crippen molar-refractivity contribution < 1.29 is 14.8 Å². The van der Waals surface area contributed by atoms with Crippen LogP contribution >= 0.6 is 0 Å². The molecule has 0 unspecified atom stereocenters. The Morgan fingerprint density at radius 1 is 1.67 bits per heavy atom. The third kappa shape index (κ3) is 3.81. The Bertz CT molecular complexity index is 418. The van der Waals surface area contributed by atoms with Crippen LogP contribution in [0.4, 0.5) is 5.69 Å². The number of amides is 1. The number of aliphatic hydroxyl groups is 1. The molecule has 0 radical (unpaired) electrons. The van der Waals surface area contributed by atoms with Crippen LogP contribution in [0.15, 0.2) is 12.4 Å². The standard InChI is InChI=1S/C10H16N4O4/c1-2-12(4-3-5-15)10(16)8-13-7-9(6-11-13)14(17)18/h6-7,15H,2-5,8H2,1H3. The van der Waals surface area contributed by atoms with E-state index in [-0.39, 0.29) is 24.7 Å². The first-order valence-electron chi connectivity index (χ1n) is 5.64. The molecule has 0 aromatic carbocycles. The van der Waals surface area contributed by atoms with E-state index in [1.54, 1.807) is 4.90 Å². The minimum Gasteiger partial charge on any atom is -0.396 e. The normalized spacial score (nSPS) is 10.3. The van der Waals surface area contributed by atoms with Gasteiger partial charge in [0.2, 0.25) is 5.91 Å². The highest BCUT2D eigenvalue weighted by Crippen LogP contribution is 2.08. The van der Waals surface area contributed by atoms with Crippen LogP contribution in [-0.4, -0.2) is 50.3 Å². The van der Waals surface area contributed by atoms with E-state index in [0.29, 0.717) is 19.5 Å². The van der Waals surface area contributed by atoms with Crippen LogP contribution in [0.2, 0.25) is 0 Å². The summed E-state index contributed by atoms with van der Waals surface area (Å²) in [4.78, 5) is 23.3. The summed E-state index contributed by atoms with van der Waals surface area (Å²) in [5.41, 5.74) is -0.138. The molecule has 1 N–H and O–H groups in total. The number of carbonyl (C=O) groups is 1. The smallest absolute Gasteiger partial charge is 0.307 e. The average Bonchev–Trinajstić information content (AvgIpc) is 2.78.